The molecule has 1 amide bonds. The number of nitrogens with one attached hydrogen (secondary N) is 2. The molecule has 0 aliphatic carbocycles. The van der Waals surface area contributed by atoms with Gasteiger partial charge in [0.1, 0.15) is 0 Å². The van der Waals surface area contributed by atoms with E-state index in [1.807, 2.05) is 62.4 Å². The zero-order chi connectivity index (χ0) is 23.8. The van der Waals surface area contributed by atoms with Crippen LogP contribution >= 0.6 is 11.6 Å². The number of anilines is 2. The molecular weight excluding hydrogens is 438 g/mol. The Balaban J connectivity index is 1.87. The first-order chi connectivity index (χ1) is 15.7. The van der Waals surface area contributed by atoms with Crippen molar-refractivity contribution in [2.24, 2.45) is 5.73 Å². The maximum atomic E-state index is 13.1. The number of benzene rings is 3. The van der Waals surface area contributed by atoms with Gasteiger partial charge >= 0.3 is 0 Å². The van der Waals surface area contributed by atoms with Gasteiger partial charge in [-0.05, 0) is 61.9 Å². The summed E-state index contributed by atoms with van der Waals surface area (Å²) in [5.74, 6) is 0.942. The first kappa shape index (κ1) is 22.7. The van der Waals surface area contributed by atoms with Crippen LogP contribution in [0.25, 0.3) is 11.3 Å². The van der Waals surface area contributed by atoms with Crippen LogP contribution in [0.4, 0.5) is 11.4 Å². The average Bonchev–Trinajstić information content (AvgIpc) is 3.11. The zero-order valence-corrected chi connectivity index (χ0v) is 19.7. The summed E-state index contributed by atoms with van der Waals surface area (Å²) < 4.78 is 10.9. The van der Waals surface area contributed by atoms with E-state index < -0.39 is 5.54 Å². The Bertz CT molecular complexity index is 1240. The molecule has 170 valence electrons. The third-order valence-electron chi connectivity index (χ3n) is 5.55. The topological polar surface area (TPSA) is 85.6 Å². The summed E-state index contributed by atoms with van der Waals surface area (Å²) >= 11 is 6.15. The monoisotopic (exact) mass is 463 g/mol. The van der Waals surface area contributed by atoms with Gasteiger partial charge in [-0.3, -0.25) is 4.79 Å². The van der Waals surface area contributed by atoms with E-state index in [1.54, 1.807) is 26.4 Å². The van der Waals surface area contributed by atoms with Crippen molar-refractivity contribution in [1.82, 2.24) is 0 Å². The molecule has 0 aromatic heterocycles. The van der Waals surface area contributed by atoms with Gasteiger partial charge < -0.3 is 25.8 Å². The SMILES string of the molecule is COc1ccc(/C(Nc2ccc(C(C)(C)N)cc2)=C2/C(=O)Nc3cc(Cl)ccc32)cc1OC. The number of fused-ring (bicyclic) bond motifs is 1. The van der Waals surface area contributed by atoms with Gasteiger partial charge in [0.05, 0.1) is 31.2 Å². The molecule has 3 aromatic carbocycles. The molecule has 0 bridgehead atoms. The van der Waals surface area contributed by atoms with Gasteiger partial charge in [-0.2, -0.15) is 0 Å². The van der Waals surface area contributed by atoms with E-state index in [4.69, 9.17) is 26.8 Å². The molecule has 0 saturated carbocycles. The Hall–Kier alpha value is -3.48. The van der Waals surface area contributed by atoms with Crippen LogP contribution in [-0.2, 0) is 10.3 Å². The van der Waals surface area contributed by atoms with Crippen molar-refractivity contribution in [2.45, 2.75) is 19.4 Å². The molecule has 6 nitrogen and oxygen atoms in total. The molecule has 0 fully saturated rings. The summed E-state index contributed by atoms with van der Waals surface area (Å²) in [5, 5.41) is 6.90. The van der Waals surface area contributed by atoms with Crippen molar-refractivity contribution in [1.29, 1.82) is 0 Å². The van der Waals surface area contributed by atoms with Crippen LogP contribution < -0.4 is 25.8 Å². The minimum atomic E-state index is -0.452. The lowest BCUT2D eigenvalue weighted by Crippen LogP contribution is -2.28. The van der Waals surface area contributed by atoms with Crippen LogP contribution in [0.15, 0.2) is 60.7 Å². The summed E-state index contributed by atoms with van der Waals surface area (Å²) in [7, 11) is 3.16. The van der Waals surface area contributed by atoms with E-state index in [1.165, 1.54) is 0 Å². The second kappa shape index (κ2) is 8.81. The lowest BCUT2D eigenvalue weighted by atomic mass is 9.95. The van der Waals surface area contributed by atoms with Crippen LogP contribution in [0.2, 0.25) is 5.02 Å². The summed E-state index contributed by atoms with van der Waals surface area (Å²) in [4.78, 5) is 13.1. The van der Waals surface area contributed by atoms with Gasteiger partial charge in [0.15, 0.2) is 11.5 Å². The van der Waals surface area contributed by atoms with E-state index >= 15 is 0 Å². The quantitative estimate of drug-likeness (QED) is 0.421. The van der Waals surface area contributed by atoms with Gasteiger partial charge in [-0.25, -0.2) is 0 Å². The number of carbonyl (C=O) groups excluding carboxylic acids is 1. The van der Waals surface area contributed by atoms with Crippen LogP contribution in [0.1, 0.15) is 30.5 Å². The fourth-order valence-electron chi connectivity index (χ4n) is 3.79. The van der Waals surface area contributed by atoms with Crippen LogP contribution in [-0.4, -0.2) is 20.1 Å². The summed E-state index contributed by atoms with van der Waals surface area (Å²) in [6.45, 7) is 3.91. The van der Waals surface area contributed by atoms with E-state index in [0.717, 1.165) is 22.4 Å². The Morgan fingerprint density at radius 2 is 1.67 bits per heavy atom. The number of hydrogen-bond donors (Lipinski definition) is 3. The number of amides is 1. The van der Waals surface area contributed by atoms with Crippen LogP contribution in [0, 0.1) is 0 Å². The van der Waals surface area contributed by atoms with Crippen molar-refractivity contribution in [3.63, 3.8) is 0 Å². The van der Waals surface area contributed by atoms with E-state index in [9.17, 15) is 4.79 Å². The Labute approximate surface area is 198 Å². The highest BCUT2D eigenvalue weighted by atomic mass is 35.5. The summed E-state index contributed by atoms with van der Waals surface area (Å²) in [6, 6.07) is 18.7. The van der Waals surface area contributed by atoms with Crippen LogP contribution in [0.3, 0.4) is 0 Å². The standard InChI is InChI=1S/C26H26ClN3O3/c1-26(2,28)16-6-9-18(10-7-16)29-24(15-5-12-21(32-3)22(13-15)33-4)23-19-11-8-17(27)14-20(19)30-25(23)31/h5-14,29H,28H2,1-4H3,(H,30,31)/b24-23-. The summed E-state index contributed by atoms with van der Waals surface area (Å²) in [6.07, 6.45) is 0. The molecule has 1 aliphatic heterocycles. The smallest absolute Gasteiger partial charge is 0.258 e. The number of halogens is 1. The van der Waals surface area contributed by atoms with Crippen molar-refractivity contribution in [2.75, 3.05) is 24.9 Å². The summed E-state index contributed by atoms with van der Waals surface area (Å²) in [5.41, 5.74) is 10.9. The molecule has 1 heterocycles. The van der Waals surface area contributed by atoms with E-state index in [2.05, 4.69) is 10.6 Å². The fourth-order valence-corrected chi connectivity index (χ4v) is 3.96. The largest absolute Gasteiger partial charge is 0.493 e. The Kier molecular flexibility index (Phi) is 6.06. The van der Waals surface area contributed by atoms with Gasteiger partial charge in [-0.15, -0.1) is 0 Å². The number of hydrogen-bond acceptors (Lipinski definition) is 5. The number of rotatable bonds is 6. The Morgan fingerprint density at radius 3 is 2.30 bits per heavy atom. The molecule has 1 aliphatic rings. The average molecular weight is 464 g/mol. The number of ether oxygens (including phenoxy) is 2. The molecule has 3 aromatic rings. The molecule has 7 heteroatoms. The molecule has 4 N–H and O–H groups in total. The number of nitrogens with two attached hydrogens (primary N) is 1. The van der Waals surface area contributed by atoms with Crippen molar-refractivity contribution >= 4 is 40.2 Å². The molecule has 0 unspecified atom stereocenters. The van der Waals surface area contributed by atoms with Gasteiger partial charge in [0.25, 0.3) is 5.91 Å². The lowest BCUT2D eigenvalue weighted by molar-refractivity contribution is -0.110. The van der Waals surface area contributed by atoms with Crippen molar-refractivity contribution < 1.29 is 14.3 Å². The minimum Gasteiger partial charge on any atom is -0.493 e. The van der Waals surface area contributed by atoms with Crippen LogP contribution in [0.5, 0.6) is 11.5 Å². The Morgan fingerprint density at radius 1 is 0.970 bits per heavy atom. The fraction of sp³-hybridized carbons (Fsp3) is 0.192. The predicted molar refractivity (Wildman–Crippen MR) is 134 cm³/mol. The molecule has 0 atom stereocenters. The molecule has 33 heavy (non-hydrogen) atoms. The predicted octanol–water partition coefficient (Wildman–Crippen LogP) is 5.48. The second-order valence-corrected chi connectivity index (χ2v) is 8.82. The molecule has 0 spiro atoms. The first-order valence-electron chi connectivity index (χ1n) is 10.5. The first-order valence-corrected chi connectivity index (χ1v) is 10.8. The normalized spacial score (nSPS) is 14.4. The highest BCUT2D eigenvalue weighted by Crippen LogP contribution is 2.40. The lowest BCUT2D eigenvalue weighted by Gasteiger charge is -2.20. The third-order valence-corrected chi connectivity index (χ3v) is 5.78. The highest BCUT2D eigenvalue weighted by molar-refractivity contribution is 6.38. The molecule has 0 radical (unpaired) electrons. The van der Waals surface area contributed by atoms with E-state index in [-0.39, 0.29) is 5.91 Å². The maximum Gasteiger partial charge on any atom is 0.258 e. The van der Waals surface area contributed by atoms with Gasteiger partial charge in [0.2, 0.25) is 0 Å². The van der Waals surface area contributed by atoms with E-state index in [0.29, 0.717) is 33.5 Å². The minimum absolute atomic E-state index is 0.218. The third kappa shape index (κ3) is 4.53. The highest BCUT2D eigenvalue weighted by Gasteiger charge is 2.29. The molecule has 0 saturated heterocycles. The van der Waals surface area contributed by atoms with Gasteiger partial charge in [0, 0.05) is 27.4 Å². The number of methoxy groups -OCH3 is 2. The number of carbonyl (C=O) groups is 1. The molecule has 4 rings (SSSR count). The van der Waals surface area contributed by atoms with Crippen molar-refractivity contribution in [3.8, 4) is 11.5 Å². The maximum absolute atomic E-state index is 13.1. The molecular formula is C26H26ClN3O3. The van der Waals surface area contributed by atoms with Gasteiger partial charge in [-0.1, -0.05) is 29.8 Å². The van der Waals surface area contributed by atoms with Crippen molar-refractivity contribution in [3.05, 3.63) is 82.4 Å². The second-order valence-electron chi connectivity index (χ2n) is 8.39. The zero-order valence-electron chi connectivity index (χ0n) is 19.0.